The second-order valence-corrected chi connectivity index (χ2v) is 21.5. The largest absolute Gasteiger partial charge is 0.394 e. The van der Waals surface area contributed by atoms with Crippen molar-refractivity contribution in [1.29, 1.82) is 0 Å². The minimum Gasteiger partial charge on any atom is -0.394 e. The van der Waals surface area contributed by atoms with Crippen molar-refractivity contribution in [2.75, 3.05) is 13.2 Å². The lowest BCUT2D eigenvalue weighted by molar-refractivity contribution is -0.302. The first-order chi connectivity index (χ1) is 36.3. The van der Waals surface area contributed by atoms with E-state index in [1.807, 2.05) is 6.08 Å². The van der Waals surface area contributed by atoms with Crippen LogP contribution < -0.4 is 5.32 Å². The van der Waals surface area contributed by atoms with Crippen LogP contribution in [0.5, 0.6) is 0 Å². The molecular formula is C65H117NO8. The molecule has 9 nitrogen and oxygen atoms in total. The van der Waals surface area contributed by atoms with E-state index < -0.39 is 49.5 Å². The summed E-state index contributed by atoms with van der Waals surface area (Å²) in [5.41, 5.74) is 0. The molecule has 7 unspecified atom stereocenters. The van der Waals surface area contributed by atoms with Crippen LogP contribution in [0, 0.1) is 0 Å². The lowest BCUT2D eigenvalue weighted by atomic mass is 9.99. The van der Waals surface area contributed by atoms with Crippen molar-refractivity contribution in [3.8, 4) is 0 Å². The van der Waals surface area contributed by atoms with E-state index in [1.54, 1.807) is 6.08 Å². The van der Waals surface area contributed by atoms with Gasteiger partial charge in [-0.3, -0.25) is 4.79 Å². The third-order valence-corrected chi connectivity index (χ3v) is 14.5. The van der Waals surface area contributed by atoms with Gasteiger partial charge in [0, 0.05) is 6.42 Å². The number of rotatable bonds is 53. The zero-order valence-corrected chi connectivity index (χ0v) is 47.8. The Labute approximate surface area is 455 Å². The SMILES string of the molecule is CC/C=C\C/C=C\C/C=C\C/C=C\CCCCCCCCCCCCC(=O)NC(COC1OC(CO)C(O)C(O)C1O)C(O)/C=C/CC/C=C/CCCCCCCCCCCCCCCCCCCCCCCC. The molecule has 74 heavy (non-hydrogen) atoms. The van der Waals surface area contributed by atoms with Crippen LogP contribution in [-0.2, 0) is 14.3 Å². The number of carbonyl (C=O) groups excluding carboxylic acids is 1. The van der Waals surface area contributed by atoms with Crippen LogP contribution >= 0.6 is 0 Å². The number of unbranched alkanes of at least 4 members (excludes halogenated alkanes) is 33. The van der Waals surface area contributed by atoms with Crippen LogP contribution in [0.2, 0.25) is 0 Å². The maximum Gasteiger partial charge on any atom is 0.220 e. The number of hydrogen-bond donors (Lipinski definition) is 6. The Morgan fingerprint density at radius 3 is 1.30 bits per heavy atom. The second-order valence-electron chi connectivity index (χ2n) is 21.5. The number of carbonyl (C=O) groups is 1. The summed E-state index contributed by atoms with van der Waals surface area (Å²) < 4.78 is 11.3. The average molecular weight is 1040 g/mol. The van der Waals surface area contributed by atoms with E-state index in [9.17, 15) is 30.3 Å². The van der Waals surface area contributed by atoms with Crippen molar-refractivity contribution in [2.45, 2.75) is 320 Å². The number of hydrogen-bond acceptors (Lipinski definition) is 8. The van der Waals surface area contributed by atoms with Gasteiger partial charge in [0.25, 0.3) is 0 Å². The number of allylic oxidation sites excluding steroid dienone is 11. The summed E-state index contributed by atoms with van der Waals surface area (Å²) in [6, 6.07) is -0.829. The molecule has 0 aliphatic carbocycles. The fourth-order valence-electron chi connectivity index (χ4n) is 9.64. The first-order valence-corrected chi connectivity index (χ1v) is 31.2. The summed E-state index contributed by atoms with van der Waals surface area (Å²) >= 11 is 0. The van der Waals surface area contributed by atoms with Crippen LogP contribution in [0.1, 0.15) is 277 Å². The van der Waals surface area contributed by atoms with Crippen LogP contribution in [-0.4, -0.2) is 87.5 Å². The van der Waals surface area contributed by atoms with Crippen LogP contribution in [0.15, 0.2) is 72.9 Å². The Bertz CT molecular complexity index is 1390. The van der Waals surface area contributed by atoms with E-state index >= 15 is 0 Å². The van der Waals surface area contributed by atoms with Gasteiger partial charge in [0.1, 0.15) is 24.4 Å². The van der Waals surface area contributed by atoms with Gasteiger partial charge in [-0.25, -0.2) is 0 Å². The van der Waals surface area contributed by atoms with Crippen molar-refractivity contribution in [3.63, 3.8) is 0 Å². The van der Waals surface area contributed by atoms with Crippen molar-refractivity contribution in [3.05, 3.63) is 72.9 Å². The van der Waals surface area contributed by atoms with Gasteiger partial charge < -0.3 is 40.3 Å². The highest BCUT2D eigenvalue weighted by molar-refractivity contribution is 5.76. The quantitative estimate of drug-likeness (QED) is 0.0261. The van der Waals surface area contributed by atoms with Gasteiger partial charge in [-0.05, 0) is 70.6 Å². The first kappa shape index (κ1) is 69.6. The lowest BCUT2D eigenvalue weighted by Crippen LogP contribution is -2.60. The molecule has 1 rings (SSSR count). The molecule has 1 saturated heterocycles. The van der Waals surface area contributed by atoms with Crippen LogP contribution in [0.3, 0.4) is 0 Å². The molecule has 7 atom stereocenters. The highest BCUT2D eigenvalue weighted by atomic mass is 16.7. The minimum atomic E-state index is -1.58. The van der Waals surface area contributed by atoms with E-state index in [-0.39, 0.29) is 12.5 Å². The molecule has 1 fully saturated rings. The predicted octanol–water partition coefficient (Wildman–Crippen LogP) is 16.0. The van der Waals surface area contributed by atoms with Crippen molar-refractivity contribution in [1.82, 2.24) is 5.32 Å². The smallest absolute Gasteiger partial charge is 0.220 e. The molecule has 0 aromatic heterocycles. The van der Waals surface area contributed by atoms with Crippen LogP contribution in [0.25, 0.3) is 0 Å². The molecule has 0 aromatic rings. The van der Waals surface area contributed by atoms with Gasteiger partial charge in [0.2, 0.25) is 5.91 Å². The molecule has 0 bridgehead atoms. The van der Waals surface area contributed by atoms with Gasteiger partial charge in [-0.1, -0.05) is 273 Å². The molecule has 1 aliphatic rings. The number of ether oxygens (including phenoxy) is 2. The molecule has 1 aliphatic heterocycles. The summed E-state index contributed by atoms with van der Waals surface area (Å²) in [6.45, 7) is 3.67. The summed E-state index contributed by atoms with van der Waals surface area (Å²) in [4.78, 5) is 13.1. The molecule has 9 heteroatoms. The Hall–Kier alpha value is -2.37. The zero-order valence-electron chi connectivity index (χ0n) is 47.8. The fraction of sp³-hybridized carbons (Fsp3) is 0.800. The number of aliphatic hydroxyl groups is 5. The Morgan fingerprint density at radius 1 is 0.473 bits per heavy atom. The van der Waals surface area contributed by atoms with E-state index in [0.717, 1.165) is 77.0 Å². The topological polar surface area (TPSA) is 149 Å². The maximum atomic E-state index is 13.1. The number of nitrogens with one attached hydrogen (secondary N) is 1. The molecule has 1 amide bonds. The molecule has 0 spiro atoms. The fourth-order valence-corrected chi connectivity index (χ4v) is 9.64. The maximum absolute atomic E-state index is 13.1. The van der Waals surface area contributed by atoms with Gasteiger partial charge in [-0.15, -0.1) is 0 Å². The Balaban J connectivity index is 2.22. The van der Waals surface area contributed by atoms with Gasteiger partial charge in [-0.2, -0.15) is 0 Å². The summed E-state index contributed by atoms with van der Waals surface area (Å²) in [6.07, 6.45) is 68.4. The second kappa shape index (κ2) is 54.0. The third-order valence-electron chi connectivity index (χ3n) is 14.5. The van der Waals surface area contributed by atoms with E-state index in [0.29, 0.717) is 6.42 Å². The average Bonchev–Trinajstić information content (AvgIpc) is 3.40. The minimum absolute atomic E-state index is 0.191. The molecular weight excluding hydrogens is 923 g/mol. The molecule has 0 radical (unpaired) electrons. The molecule has 0 saturated carbocycles. The Morgan fingerprint density at radius 2 is 0.851 bits per heavy atom. The van der Waals surface area contributed by atoms with Gasteiger partial charge in [0.15, 0.2) is 6.29 Å². The molecule has 0 aromatic carbocycles. The van der Waals surface area contributed by atoms with Crippen molar-refractivity contribution >= 4 is 5.91 Å². The van der Waals surface area contributed by atoms with E-state index in [2.05, 4.69) is 79.9 Å². The third kappa shape index (κ3) is 42.7. The number of aliphatic hydroxyl groups excluding tert-OH is 5. The zero-order chi connectivity index (χ0) is 53.6. The van der Waals surface area contributed by atoms with E-state index in [1.165, 1.54) is 180 Å². The molecule has 6 N–H and O–H groups in total. The molecule has 1 heterocycles. The van der Waals surface area contributed by atoms with Gasteiger partial charge >= 0.3 is 0 Å². The monoisotopic (exact) mass is 1040 g/mol. The summed E-state index contributed by atoms with van der Waals surface area (Å²) in [5.74, 6) is -0.191. The standard InChI is InChI=1S/C65H117NO8/c1-3-5-7-9-11-13-15-17-19-21-23-25-27-28-29-30-31-33-34-36-38-40-42-44-46-48-50-52-54-59(68)58(57-73-65-64(72)63(71)62(70)60(56-67)74-65)66-61(69)55-53-51-49-47-45-43-41-39-37-35-32-26-24-22-20-18-16-14-12-10-8-6-4-2/h6,8,12,14,18,20,24,26,44,46,52,54,58-60,62-65,67-68,70-72H,3-5,7,9-11,13,15-17,19,21-23,25,27-43,45,47-51,53,55-57H2,1-2H3,(H,66,69)/b8-6-,14-12-,20-18-,26-24-,46-44+,54-52+. The predicted molar refractivity (Wildman–Crippen MR) is 313 cm³/mol. The highest BCUT2D eigenvalue weighted by Gasteiger charge is 2.44. The normalized spacial score (nSPS) is 19.5. The van der Waals surface area contributed by atoms with E-state index in [4.69, 9.17) is 9.47 Å². The molecule has 430 valence electrons. The lowest BCUT2D eigenvalue weighted by Gasteiger charge is -2.40. The number of amides is 1. The first-order valence-electron chi connectivity index (χ1n) is 31.2. The van der Waals surface area contributed by atoms with Gasteiger partial charge in [0.05, 0.1) is 25.4 Å². The Kier molecular flexibility index (Phi) is 50.8. The highest BCUT2D eigenvalue weighted by Crippen LogP contribution is 2.23. The van der Waals surface area contributed by atoms with Crippen LogP contribution in [0.4, 0.5) is 0 Å². The van der Waals surface area contributed by atoms with Crippen molar-refractivity contribution < 1.29 is 39.8 Å². The summed E-state index contributed by atoms with van der Waals surface area (Å²) in [7, 11) is 0. The summed E-state index contributed by atoms with van der Waals surface area (Å²) in [5, 5.41) is 54.6. The van der Waals surface area contributed by atoms with Crippen molar-refractivity contribution in [2.24, 2.45) is 0 Å².